The van der Waals surface area contributed by atoms with Gasteiger partial charge in [-0.2, -0.15) is 0 Å². The summed E-state index contributed by atoms with van der Waals surface area (Å²) in [5, 5.41) is 30.7. The summed E-state index contributed by atoms with van der Waals surface area (Å²) in [4.78, 5) is 11.4. The van der Waals surface area contributed by atoms with Crippen LogP contribution in [0, 0.1) is 0 Å². The third-order valence-corrected chi connectivity index (χ3v) is 2.43. The zero-order valence-corrected chi connectivity index (χ0v) is 13.0. The monoisotopic (exact) mass is 297 g/mol. The van der Waals surface area contributed by atoms with Crippen molar-refractivity contribution < 1.29 is 20.1 Å². The fourth-order valence-electron chi connectivity index (χ4n) is 1.33. The molecule has 0 aromatic rings. The molecular weight excluding hydrogens is 270 g/mol. The zero-order valence-electron chi connectivity index (χ0n) is 13.0. The number of carbonyl (C=O) groups is 1. The van der Waals surface area contributed by atoms with Crippen molar-refractivity contribution in [3.05, 3.63) is 36.5 Å². The molecule has 0 rings (SSSR count). The molecule has 0 aromatic heterocycles. The molecule has 2 atom stereocenters. The van der Waals surface area contributed by atoms with Gasteiger partial charge in [0.25, 0.3) is 0 Å². The van der Waals surface area contributed by atoms with Crippen molar-refractivity contribution in [2.24, 2.45) is 0 Å². The summed E-state index contributed by atoms with van der Waals surface area (Å²) < 4.78 is 0. The van der Waals surface area contributed by atoms with Crippen LogP contribution in [0.5, 0.6) is 0 Å². The largest absolute Gasteiger partial charge is 0.389 e. The predicted octanol–water partition coefficient (Wildman–Crippen LogP) is 1.06. The Morgan fingerprint density at radius 3 is 2.43 bits per heavy atom. The first kappa shape index (κ1) is 19.6. The first-order chi connectivity index (χ1) is 9.70. The highest BCUT2D eigenvalue weighted by Gasteiger charge is 2.12. The zero-order chi connectivity index (χ0) is 16.3. The summed E-state index contributed by atoms with van der Waals surface area (Å²) >= 11 is 0. The molecular formula is C16H27NO4. The van der Waals surface area contributed by atoms with Crippen LogP contribution in [0.15, 0.2) is 36.5 Å². The predicted molar refractivity (Wildman–Crippen MR) is 83.6 cm³/mol. The average Bonchev–Trinajstić information content (AvgIpc) is 2.36. The van der Waals surface area contributed by atoms with Crippen LogP contribution in [0.1, 0.15) is 33.6 Å². The van der Waals surface area contributed by atoms with Gasteiger partial charge in [0.15, 0.2) is 0 Å². The van der Waals surface area contributed by atoms with E-state index in [1.807, 2.05) is 0 Å². The van der Waals surface area contributed by atoms with Crippen molar-refractivity contribution in [2.75, 3.05) is 6.54 Å². The number of aliphatic hydroxyl groups is 3. The van der Waals surface area contributed by atoms with Gasteiger partial charge in [-0.15, -0.1) is 0 Å². The van der Waals surface area contributed by atoms with Crippen molar-refractivity contribution in [3.8, 4) is 0 Å². The van der Waals surface area contributed by atoms with E-state index in [4.69, 9.17) is 5.11 Å². The van der Waals surface area contributed by atoms with Crippen molar-refractivity contribution in [1.29, 1.82) is 0 Å². The number of hydrogen-bond acceptors (Lipinski definition) is 4. The Labute approximate surface area is 126 Å². The van der Waals surface area contributed by atoms with Crippen LogP contribution >= 0.6 is 0 Å². The smallest absolute Gasteiger partial charge is 0.243 e. The van der Waals surface area contributed by atoms with E-state index >= 15 is 0 Å². The summed E-state index contributed by atoms with van der Waals surface area (Å²) in [6.45, 7) is 5.07. The average molecular weight is 297 g/mol. The lowest BCUT2D eigenvalue weighted by Crippen LogP contribution is -2.37. The number of amides is 1. The van der Waals surface area contributed by atoms with Crippen molar-refractivity contribution >= 4 is 5.91 Å². The van der Waals surface area contributed by atoms with Crippen LogP contribution in [0.25, 0.3) is 0 Å². The SMILES string of the molecule is C[C@@H](O)/C=C/C=C/C(O)CC/C=C/C(=O)NCC(C)(C)O. The Kier molecular flexibility index (Phi) is 9.62. The molecule has 0 aliphatic heterocycles. The van der Waals surface area contributed by atoms with Crippen molar-refractivity contribution in [2.45, 2.75) is 51.4 Å². The molecule has 0 bridgehead atoms. The highest BCUT2D eigenvalue weighted by atomic mass is 16.3. The van der Waals surface area contributed by atoms with Gasteiger partial charge in [0.2, 0.25) is 5.91 Å². The molecule has 0 aliphatic rings. The Hall–Kier alpha value is -1.43. The Morgan fingerprint density at radius 1 is 1.24 bits per heavy atom. The van der Waals surface area contributed by atoms with E-state index in [0.717, 1.165) is 0 Å². The van der Waals surface area contributed by atoms with Crippen molar-refractivity contribution in [1.82, 2.24) is 5.32 Å². The summed E-state index contributed by atoms with van der Waals surface area (Å²) in [6, 6.07) is 0. The second-order valence-electron chi connectivity index (χ2n) is 5.59. The van der Waals surface area contributed by atoms with Crippen LogP contribution < -0.4 is 5.32 Å². The molecule has 0 fully saturated rings. The van der Waals surface area contributed by atoms with E-state index in [1.165, 1.54) is 6.08 Å². The number of carbonyl (C=O) groups excluding carboxylic acids is 1. The Balaban J connectivity index is 3.87. The summed E-state index contributed by atoms with van der Waals surface area (Å²) in [6.07, 6.45) is 9.65. The van der Waals surface area contributed by atoms with Gasteiger partial charge in [0.05, 0.1) is 17.8 Å². The topological polar surface area (TPSA) is 89.8 Å². The highest BCUT2D eigenvalue weighted by Crippen LogP contribution is 2.01. The lowest BCUT2D eigenvalue weighted by molar-refractivity contribution is -0.117. The number of nitrogens with one attached hydrogen (secondary N) is 1. The first-order valence-corrected chi connectivity index (χ1v) is 7.08. The number of rotatable bonds is 9. The van der Waals surface area contributed by atoms with Crippen LogP contribution in [0.4, 0.5) is 0 Å². The Bertz CT molecular complexity index is 378. The maximum absolute atomic E-state index is 11.4. The van der Waals surface area contributed by atoms with Gasteiger partial charge < -0.3 is 20.6 Å². The van der Waals surface area contributed by atoms with E-state index in [1.54, 1.807) is 51.2 Å². The lowest BCUT2D eigenvalue weighted by Gasteiger charge is -2.16. The highest BCUT2D eigenvalue weighted by molar-refractivity contribution is 5.87. The van der Waals surface area contributed by atoms with E-state index in [2.05, 4.69) is 5.32 Å². The minimum Gasteiger partial charge on any atom is -0.389 e. The number of aliphatic hydroxyl groups excluding tert-OH is 2. The van der Waals surface area contributed by atoms with Gasteiger partial charge in [-0.3, -0.25) is 4.79 Å². The third kappa shape index (κ3) is 14.8. The lowest BCUT2D eigenvalue weighted by atomic mass is 10.1. The van der Waals surface area contributed by atoms with E-state index in [9.17, 15) is 15.0 Å². The second kappa shape index (κ2) is 10.3. The first-order valence-electron chi connectivity index (χ1n) is 7.08. The van der Waals surface area contributed by atoms with Crippen LogP contribution in [0.2, 0.25) is 0 Å². The summed E-state index contributed by atoms with van der Waals surface area (Å²) in [5.41, 5.74) is -0.927. The molecule has 1 amide bonds. The molecule has 120 valence electrons. The maximum Gasteiger partial charge on any atom is 0.243 e. The van der Waals surface area contributed by atoms with Crippen LogP contribution in [0.3, 0.4) is 0 Å². The third-order valence-electron chi connectivity index (χ3n) is 2.43. The minimum atomic E-state index is -0.927. The summed E-state index contributed by atoms with van der Waals surface area (Å²) in [5.74, 6) is -0.262. The molecule has 4 N–H and O–H groups in total. The standard InChI is InChI=1S/C16H27NO4/c1-13(18)8-4-5-9-14(19)10-6-7-11-15(20)17-12-16(2,3)21/h4-5,7-9,11,13-14,18-19,21H,6,10,12H2,1-3H3,(H,17,20)/b8-4+,9-5+,11-7+/t13-,14?/m1/s1. The van der Waals surface area contributed by atoms with Gasteiger partial charge >= 0.3 is 0 Å². The fourth-order valence-corrected chi connectivity index (χ4v) is 1.33. The van der Waals surface area contributed by atoms with Crippen molar-refractivity contribution in [3.63, 3.8) is 0 Å². The van der Waals surface area contributed by atoms with Gasteiger partial charge in [0, 0.05) is 6.54 Å². The molecule has 0 spiro atoms. The van der Waals surface area contributed by atoms with Crippen LogP contribution in [-0.4, -0.2) is 45.6 Å². The molecule has 0 radical (unpaired) electrons. The molecule has 5 heteroatoms. The van der Waals surface area contributed by atoms with E-state index < -0.39 is 17.8 Å². The molecule has 21 heavy (non-hydrogen) atoms. The molecule has 0 aliphatic carbocycles. The van der Waals surface area contributed by atoms with Gasteiger partial charge in [-0.05, 0) is 39.7 Å². The maximum atomic E-state index is 11.4. The molecule has 0 heterocycles. The fraction of sp³-hybridized carbons (Fsp3) is 0.562. The number of hydrogen-bond donors (Lipinski definition) is 4. The molecule has 0 saturated heterocycles. The normalized spacial score (nSPS) is 15.9. The van der Waals surface area contributed by atoms with Gasteiger partial charge in [0.1, 0.15) is 0 Å². The molecule has 0 saturated carbocycles. The van der Waals surface area contributed by atoms with Gasteiger partial charge in [-0.1, -0.05) is 30.4 Å². The quantitative estimate of drug-likeness (QED) is 0.378. The molecule has 5 nitrogen and oxygen atoms in total. The van der Waals surface area contributed by atoms with Gasteiger partial charge in [-0.25, -0.2) is 0 Å². The number of allylic oxidation sites excluding steroid dienone is 3. The minimum absolute atomic E-state index is 0.192. The van der Waals surface area contributed by atoms with E-state index in [-0.39, 0.29) is 12.5 Å². The molecule has 1 unspecified atom stereocenters. The second-order valence-corrected chi connectivity index (χ2v) is 5.59. The summed E-state index contributed by atoms with van der Waals surface area (Å²) in [7, 11) is 0. The van der Waals surface area contributed by atoms with E-state index in [0.29, 0.717) is 12.8 Å². The molecule has 0 aromatic carbocycles. The van der Waals surface area contributed by atoms with Crippen LogP contribution in [-0.2, 0) is 4.79 Å². The Morgan fingerprint density at radius 2 is 1.86 bits per heavy atom.